The van der Waals surface area contributed by atoms with Gasteiger partial charge in [-0.3, -0.25) is 13.3 Å². The molecule has 0 aliphatic rings. The van der Waals surface area contributed by atoms with Crippen molar-refractivity contribution in [1.82, 2.24) is 0 Å². The summed E-state index contributed by atoms with van der Waals surface area (Å²) >= 11 is 0. The largest absolute Gasteiger partial charge is 0.726 e. The second kappa shape index (κ2) is 6.72. The Kier molecular flexibility index (Phi) is 7.58. The third-order valence-electron chi connectivity index (χ3n) is 1.50. The normalized spacial score (nSPS) is 14.0. The van der Waals surface area contributed by atoms with Gasteiger partial charge in [0.25, 0.3) is 5.52 Å². The lowest BCUT2D eigenvalue weighted by Crippen LogP contribution is -2.44. The highest BCUT2D eigenvalue weighted by atomic mass is 32.3. The van der Waals surface area contributed by atoms with Gasteiger partial charge in [-0.25, -0.2) is 8.42 Å². The summed E-state index contributed by atoms with van der Waals surface area (Å²) < 4.78 is 52.2. The van der Waals surface area contributed by atoms with Crippen LogP contribution in [0.3, 0.4) is 0 Å². The van der Waals surface area contributed by atoms with E-state index >= 15 is 0 Å². The molecule has 0 saturated heterocycles. The summed E-state index contributed by atoms with van der Waals surface area (Å²) in [7, 11) is -9.30. The zero-order chi connectivity index (χ0) is 16.3. The van der Waals surface area contributed by atoms with Gasteiger partial charge in [-0.05, 0) is 0 Å². The van der Waals surface area contributed by atoms with E-state index in [1.807, 2.05) is 0 Å². The first-order valence-corrected chi connectivity index (χ1v) is 9.05. The minimum atomic E-state index is -4.81. The van der Waals surface area contributed by atoms with Gasteiger partial charge in [0.2, 0.25) is 10.4 Å². The van der Waals surface area contributed by atoms with Crippen LogP contribution in [0.1, 0.15) is 0 Å². The summed E-state index contributed by atoms with van der Waals surface area (Å²) in [6.45, 7) is 0. The van der Waals surface area contributed by atoms with Gasteiger partial charge in [0.15, 0.2) is 0 Å². The predicted molar refractivity (Wildman–Crippen MR) is 62.6 cm³/mol. The van der Waals surface area contributed by atoms with Crippen LogP contribution < -0.4 is 0 Å². The SMILES string of the molecule is COS(=O)(=O)[O-].C[N+](C)(C)C(P(=O)(O)O)P(=O)(O)O. The molecule has 0 spiro atoms. The second-order valence-corrected chi connectivity index (χ2v) is 9.11. The summed E-state index contributed by atoms with van der Waals surface area (Å²) in [6.07, 6.45) is 0. The fourth-order valence-corrected chi connectivity index (χ4v) is 4.47. The quantitative estimate of drug-likeness (QED) is 0.201. The van der Waals surface area contributed by atoms with Crippen LogP contribution in [0.4, 0.5) is 0 Å². The molecule has 4 N–H and O–H groups in total. The Morgan fingerprint density at radius 1 is 1.05 bits per heavy atom. The maximum atomic E-state index is 10.8. The molecule has 0 heterocycles. The molecule has 0 aromatic heterocycles. The Balaban J connectivity index is 0. The van der Waals surface area contributed by atoms with Crippen LogP contribution in [0, 0.1) is 0 Å². The minimum Gasteiger partial charge on any atom is -0.726 e. The van der Waals surface area contributed by atoms with Crippen LogP contribution in [0.15, 0.2) is 0 Å². The van der Waals surface area contributed by atoms with Crippen molar-refractivity contribution in [3.05, 3.63) is 0 Å². The first-order chi connectivity index (χ1) is 7.93. The molecule has 0 bridgehead atoms. The molecule has 0 fully saturated rings. The first kappa shape index (κ1) is 21.4. The summed E-state index contributed by atoms with van der Waals surface area (Å²) in [6, 6.07) is 0. The highest BCUT2D eigenvalue weighted by molar-refractivity contribution is 7.80. The molecule has 0 unspecified atom stereocenters. The molecule has 0 atom stereocenters. The van der Waals surface area contributed by atoms with Crippen molar-refractivity contribution < 1.29 is 50.3 Å². The standard InChI is InChI=1S/C4H13NO6P2.CH4O4S/c1-5(2,3)4(12(6,7)8)13(9,10)11;1-5-6(2,3)4/h4H,1-3H3,(H3-,6,7,8,9,10,11);1H3,(H,2,3,4). The molecule has 11 nitrogen and oxygen atoms in total. The predicted octanol–water partition coefficient (Wildman–Crippen LogP) is -1.58. The highest BCUT2D eigenvalue weighted by Gasteiger charge is 2.53. The molecule has 0 rings (SSSR count). The second-order valence-electron chi connectivity index (χ2n) is 4.22. The van der Waals surface area contributed by atoms with Gasteiger partial charge >= 0.3 is 15.2 Å². The first-order valence-electron chi connectivity index (χ1n) is 4.36. The van der Waals surface area contributed by atoms with Crippen molar-refractivity contribution in [2.24, 2.45) is 0 Å². The number of nitrogens with zero attached hydrogens (tertiary/aromatic N) is 1. The van der Waals surface area contributed by atoms with E-state index in [9.17, 15) is 22.1 Å². The van der Waals surface area contributed by atoms with E-state index in [1.54, 1.807) is 0 Å². The van der Waals surface area contributed by atoms with E-state index in [4.69, 9.17) is 19.6 Å². The van der Waals surface area contributed by atoms with Crippen LogP contribution in [0.2, 0.25) is 0 Å². The number of hydrogen-bond donors (Lipinski definition) is 4. The summed E-state index contributed by atoms with van der Waals surface area (Å²) in [5, 5.41) is 0. The molecular weight excluding hydrogens is 328 g/mol. The summed E-state index contributed by atoms with van der Waals surface area (Å²) in [5.74, 6) is 0. The third-order valence-corrected chi connectivity index (χ3v) is 6.30. The third kappa shape index (κ3) is 10.6. The Morgan fingerprint density at radius 2 is 1.26 bits per heavy atom. The van der Waals surface area contributed by atoms with Crippen LogP contribution in [0.25, 0.3) is 0 Å². The van der Waals surface area contributed by atoms with E-state index in [0.29, 0.717) is 0 Å². The van der Waals surface area contributed by atoms with E-state index in [1.165, 1.54) is 21.1 Å². The molecule has 118 valence electrons. The molecule has 14 heteroatoms. The van der Waals surface area contributed by atoms with Gasteiger partial charge in [-0.2, -0.15) is 0 Å². The van der Waals surface area contributed by atoms with Crippen molar-refractivity contribution >= 4 is 25.6 Å². The van der Waals surface area contributed by atoms with Crippen molar-refractivity contribution in [3.8, 4) is 0 Å². The Labute approximate surface area is 110 Å². The number of rotatable bonds is 4. The van der Waals surface area contributed by atoms with Crippen LogP contribution in [-0.2, 0) is 23.7 Å². The van der Waals surface area contributed by atoms with Gasteiger partial charge < -0.3 is 28.6 Å². The van der Waals surface area contributed by atoms with E-state index in [2.05, 4.69) is 4.18 Å². The van der Waals surface area contributed by atoms with E-state index in [0.717, 1.165) is 7.11 Å². The maximum Gasteiger partial charge on any atom is 0.395 e. The lowest BCUT2D eigenvalue weighted by Gasteiger charge is -2.33. The minimum absolute atomic E-state index is 0.492. The molecular formula is C5H17NO10P2S. The summed E-state index contributed by atoms with van der Waals surface area (Å²) in [5.41, 5.74) is -2.00. The molecule has 19 heavy (non-hydrogen) atoms. The Bertz CT molecular complexity index is 447. The smallest absolute Gasteiger partial charge is 0.395 e. The maximum absolute atomic E-state index is 10.8. The van der Waals surface area contributed by atoms with Gasteiger partial charge in [-0.1, -0.05) is 0 Å². The number of hydrogen-bond acceptors (Lipinski definition) is 6. The topological polar surface area (TPSA) is 181 Å². The Morgan fingerprint density at radius 3 is 1.26 bits per heavy atom. The zero-order valence-electron chi connectivity index (χ0n) is 10.6. The lowest BCUT2D eigenvalue weighted by molar-refractivity contribution is -0.871. The molecule has 0 aromatic carbocycles. The van der Waals surface area contributed by atoms with Gasteiger partial charge in [0.05, 0.1) is 28.3 Å². The zero-order valence-corrected chi connectivity index (χ0v) is 13.2. The van der Waals surface area contributed by atoms with Crippen LogP contribution in [-0.4, -0.2) is 70.8 Å². The number of quaternary nitrogens is 1. The highest BCUT2D eigenvalue weighted by Crippen LogP contribution is 2.62. The summed E-state index contributed by atoms with van der Waals surface area (Å²) in [4.78, 5) is 35.0. The van der Waals surface area contributed by atoms with Crippen molar-refractivity contribution in [1.29, 1.82) is 0 Å². The molecule has 0 radical (unpaired) electrons. The molecule has 0 aliphatic carbocycles. The average molecular weight is 345 g/mol. The van der Waals surface area contributed by atoms with Crippen LogP contribution in [0.5, 0.6) is 0 Å². The van der Waals surface area contributed by atoms with Gasteiger partial charge in [0.1, 0.15) is 0 Å². The van der Waals surface area contributed by atoms with Crippen molar-refractivity contribution in [2.75, 3.05) is 28.3 Å². The van der Waals surface area contributed by atoms with Crippen molar-refractivity contribution in [2.45, 2.75) is 5.52 Å². The van der Waals surface area contributed by atoms with Gasteiger partial charge in [0, 0.05) is 0 Å². The van der Waals surface area contributed by atoms with Crippen molar-refractivity contribution in [3.63, 3.8) is 0 Å². The molecule has 0 aliphatic heterocycles. The molecule has 0 amide bonds. The Hall–Kier alpha value is 0.130. The van der Waals surface area contributed by atoms with Crippen LogP contribution >= 0.6 is 15.2 Å². The monoisotopic (exact) mass is 345 g/mol. The molecule has 0 saturated carbocycles. The van der Waals surface area contributed by atoms with E-state index in [-0.39, 0.29) is 0 Å². The van der Waals surface area contributed by atoms with E-state index < -0.39 is 35.6 Å². The average Bonchev–Trinajstić information content (AvgIpc) is 1.93. The molecule has 0 aromatic rings. The lowest BCUT2D eigenvalue weighted by atomic mass is 10.8. The fourth-order valence-electron chi connectivity index (χ4n) is 1.10. The fraction of sp³-hybridized carbons (Fsp3) is 1.00. The van der Waals surface area contributed by atoms with Gasteiger partial charge in [-0.15, -0.1) is 0 Å².